The molecule has 5 nitrogen and oxygen atoms in total. The van der Waals surface area contributed by atoms with Crippen molar-refractivity contribution in [3.8, 4) is 28.3 Å². The van der Waals surface area contributed by atoms with Crippen LogP contribution in [0.1, 0.15) is 44.1 Å². The van der Waals surface area contributed by atoms with E-state index in [1.165, 1.54) is 0 Å². The van der Waals surface area contributed by atoms with Crippen molar-refractivity contribution in [2.24, 2.45) is 5.92 Å². The Bertz CT molecular complexity index is 1210. The van der Waals surface area contributed by atoms with Crippen molar-refractivity contribution in [2.75, 3.05) is 0 Å². The van der Waals surface area contributed by atoms with Crippen LogP contribution in [0.4, 0.5) is 0 Å². The first-order valence-corrected chi connectivity index (χ1v) is 11.8. The molecule has 1 heterocycles. The van der Waals surface area contributed by atoms with E-state index in [0.717, 1.165) is 41.2 Å². The van der Waals surface area contributed by atoms with E-state index in [1.807, 2.05) is 78.2 Å². The maximum atomic E-state index is 12.9. The number of benzene rings is 3. The molecule has 3 aromatic carbocycles. The number of nitrogens with zero attached hydrogens (tertiary/aromatic N) is 2. The van der Waals surface area contributed by atoms with Gasteiger partial charge in [-0.25, -0.2) is 4.98 Å². The molecular weight excluding hydrogens is 422 g/mol. The van der Waals surface area contributed by atoms with E-state index in [9.17, 15) is 4.79 Å². The standard InChI is InChI=1S/C29H31N3O2/c1-21(2)12-13-22(3)31-29(33)28-19-30-20-32(28)25-9-7-8-24(18-25)23-14-16-27(17-15-23)34-26-10-5-4-6-11-26/h4-11,14-22H,12-13H2,1-3H3,(H,31,33). The lowest BCUT2D eigenvalue weighted by Gasteiger charge is -2.16. The first-order chi connectivity index (χ1) is 16.5. The lowest BCUT2D eigenvalue weighted by molar-refractivity contribution is 0.0930. The summed E-state index contributed by atoms with van der Waals surface area (Å²) < 4.78 is 7.73. The van der Waals surface area contributed by atoms with Gasteiger partial charge in [-0.1, -0.05) is 56.3 Å². The van der Waals surface area contributed by atoms with Crippen LogP contribution >= 0.6 is 0 Å². The van der Waals surface area contributed by atoms with Crippen LogP contribution in [0.3, 0.4) is 0 Å². The molecule has 1 N–H and O–H groups in total. The largest absolute Gasteiger partial charge is 0.457 e. The average Bonchev–Trinajstić information content (AvgIpc) is 3.34. The molecule has 0 fully saturated rings. The van der Waals surface area contributed by atoms with Gasteiger partial charge >= 0.3 is 0 Å². The van der Waals surface area contributed by atoms with E-state index in [-0.39, 0.29) is 11.9 Å². The van der Waals surface area contributed by atoms with Crippen molar-refractivity contribution in [2.45, 2.75) is 39.7 Å². The maximum Gasteiger partial charge on any atom is 0.270 e. The third-order valence-electron chi connectivity index (χ3n) is 5.72. The number of para-hydroxylation sites is 1. The van der Waals surface area contributed by atoms with E-state index < -0.39 is 0 Å². The quantitative estimate of drug-likeness (QED) is 0.300. The number of hydrogen-bond donors (Lipinski definition) is 1. The second-order valence-electron chi connectivity index (χ2n) is 8.98. The Morgan fingerprint density at radius 3 is 2.35 bits per heavy atom. The summed E-state index contributed by atoms with van der Waals surface area (Å²) in [5, 5.41) is 3.11. The minimum Gasteiger partial charge on any atom is -0.457 e. The van der Waals surface area contributed by atoms with E-state index >= 15 is 0 Å². The van der Waals surface area contributed by atoms with Crippen LogP contribution < -0.4 is 10.1 Å². The third kappa shape index (κ3) is 5.93. The first kappa shape index (κ1) is 23.3. The second kappa shape index (κ2) is 10.8. The van der Waals surface area contributed by atoms with Gasteiger partial charge in [-0.3, -0.25) is 9.36 Å². The number of imidazole rings is 1. The van der Waals surface area contributed by atoms with Gasteiger partial charge in [0.1, 0.15) is 17.2 Å². The molecule has 5 heteroatoms. The summed E-state index contributed by atoms with van der Waals surface area (Å²) in [7, 11) is 0. The smallest absolute Gasteiger partial charge is 0.270 e. The highest BCUT2D eigenvalue weighted by molar-refractivity contribution is 5.93. The summed E-state index contributed by atoms with van der Waals surface area (Å²) in [5.74, 6) is 2.10. The van der Waals surface area contributed by atoms with Gasteiger partial charge in [0.25, 0.3) is 5.91 Å². The molecule has 0 radical (unpaired) electrons. The molecule has 1 unspecified atom stereocenters. The monoisotopic (exact) mass is 453 g/mol. The van der Waals surface area contributed by atoms with Crippen molar-refractivity contribution in [1.82, 2.24) is 14.9 Å². The number of ether oxygens (including phenoxy) is 1. The minimum absolute atomic E-state index is 0.110. The summed E-state index contributed by atoms with van der Waals surface area (Å²) in [6.45, 7) is 6.44. The molecule has 1 atom stereocenters. The molecule has 0 aliphatic heterocycles. The summed E-state index contributed by atoms with van der Waals surface area (Å²) in [6.07, 6.45) is 5.34. The number of amides is 1. The number of carbonyl (C=O) groups excluding carboxylic acids is 1. The summed E-state index contributed by atoms with van der Waals surface area (Å²) in [5.41, 5.74) is 3.53. The maximum absolute atomic E-state index is 12.9. The molecule has 0 bridgehead atoms. The van der Waals surface area contributed by atoms with Gasteiger partial charge in [0.15, 0.2) is 0 Å². The summed E-state index contributed by atoms with van der Waals surface area (Å²) in [6, 6.07) is 25.9. The predicted octanol–water partition coefficient (Wildman–Crippen LogP) is 6.89. The molecule has 1 aromatic heterocycles. The highest BCUT2D eigenvalue weighted by atomic mass is 16.5. The fourth-order valence-corrected chi connectivity index (χ4v) is 3.80. The van der Waals surface area contributed by atoms with Crippen molar-refractivity contribution < 1.29 is 9.53 Å². The zero-order valence-electron chi connectivity index (χ0n) is 19.9. The topological polar surface area (TPSA) is 56.2 Å². The SMILES string of the molecule is CC(C)CCC(C)NC(=O)c1cncn1-c1cccc(-c2ccc(Oc3ccccc3)cc2)c1. The molecule has 1 amide bonds. The predicted molar refractivity (Wildman–Crippen MR) is 137 cm³/mol. The van der Waals surface area contributed by atoms with Crippen LogP contribution in [0.2, 0.25) is 0 Å². The third-order valence-corrected chi connectivity index (χ3v) is 5.72. The molecule has 0 aliphatic rings. The fourth-order valence-electron chi connectivity index (χ4n) is 3.80. The Balaban J connectivity index is 1.49. The van der Waals surface area contributed by atoms with Crippen molar-refractivity contribution in [1.29, 1.82) is 0 Å². The molecule has 0 saturated heterocycles. The number of rotatable bonds is 9. The van der Waals surface area contributed by atoms with Crippen LogP contribution in [0.25, 0.3) is 16.8 Å². The van der Waals surface area contributed by atoms with E-state index in [0.29, 0.717) is 11.6 Å². The normalized spacial score (nSPS) is 11.9. The van der Waals surface area contributed by atoms with Crippen LogP contribution in [-0.4, -0.2) is 21.5 Å². The Morgan fingerprint density at radius 2 is 1.62 bits per heavy atom. The van der Waals surface area contributed by atoms with Crippen molar-refractivity contribution >= 4 is 5.91 Å². The Labute approximate surface area is 201 Å². The summed E-state index contributed by atoms with van der Waals surface area (Å²) >= 11 is 0. The van der Waals surface area contributed by atoms with Crippen LogP contribution in [0.15, 0.2) is 91.4 Å². The average molecular weight is 454 g/mol. The molecule has 0 spiro atoms. The molecule has 0 saturated carbocycles. The molecule has 174 valence electrons. The number of carbonyl (C=O) groups is 1. The van der Waals surface area contributed by atoms with E-state index in [2.05, 4.69) is 36.3 Å². The number of hydrogen-bond acceptors (Lipinski definition) is 3. The second-order valence-corrected chi connectivity index (χ2v) is 8.98. The number of nitrogens with one attached hydrogen (secondary N) is 1. The highest BCUT2D eigenvalue weighted by Gasteiger charge is 2.16. The van der Waals surface area contributed by atoms with E-state index in [4.69, 9.17) is 4.74 Å². The first-order valence-electron chi connectivity index (χ1n) is 11.8. The Hall–Kier alpha value is -3.86. The number of aromatic nitrogens is 2. The zero-order chi connectivity index (χ0) is 23.9. The van der Waals surface area contributed by atoms with E-state index in [1.54, 1.807) is 12.5 Å². The molecule has 34 heavy (non-hydrogen) atoms. The molecule has 4 aromatic rings. The van der Waals surface area contributed by atoms with Crippen LogP contribution in [0, 0.1) is 5.92 Å². The van der Waals surface area contributed by atoms with Crippen LogP contribution in [0.5, 0.6) is 11.5 Å². The Kier molecular flexibility index (Phi) is 7.43. The summed E-state index contributed by atoms with van der Waals surface area (Å²) in [4.78, 5) is 17.2. The van der Waals surface area contributed by atoms with Crippen LogP contribution in [-0.2, 0) is 0 Å². The Morgan fingerprint density at radius 1 is 0.882 bits per heavy atom. The lowest BCUT2D eigenvalue weighted by atomic mass is 10.0. The van der Waals surface area contributed by atoms with Gasteiger partial charge in [0.05, 0.1) is 12.5 Å². The van der Waals surface area contributed by atoms with Gasteiger partial charge in [0.2, 0.25) is 0 Å². The lowest BCUT2D eigenvalue weighted by Crippen LogP contribution is -2.33. The molecule has 4 rings (SSSR count). The van der Waals surface area contributed by atoms with Gasteiger partial charge < -0.3 is 10.1 Å². The van der Waals surface area contributed by atoms with Gasteiger partial charge in [0, 0.05) is 11.7 Å². The van der Waals surface area contributed by atoms with Crippen molar-refractivity contribution in [3.05, 3.63) is 97.1 Å². The van der Waals surface area contributed by atoms with Gasteiger partial charge in [-0.05, 0) is 73.2 Å². The highest BCUT2D eigenvalue weighted by Crippen LogP contribution is 2.27. The fraction of sp³-hybridized carbons (Fsp3) is 0.241. The molecule has 0 aliphatic carbocycles. The van der Waals surface area contributed by atoms with Gasteiger partial charge in [-0.2, -0.15) is 0 Å². The molecular formula is C29H31N3O2. The van der Waals surface area contributed by atoms with Gasteiger partial charge in [-0.15, -0.1) is 0 Å². The zero-order valence-corrected chi connectivity index (χ0v) is 19.9. The van der Waals surface area contributed by atoms with Crippen molar-refractivity contribution in [3.63, 3.8) is 0 Å². The minimum atomic E-state index is -0.110.